The lowest BCUT2D eigenvalue weighted by Gasteiger charge is -2.18. The summed E-state index contributed by atoms with van der Waals surface area (Å²) in [6, 6.07) is 0.808. The summed E-state index contributed by atoms with van der Waals surface area (Å²) in [4.78, 5) is 11.6. The maximum absolute atomic E-state index is 4.66. The zero-order valence-corrected chi connectivity index (χ0v) is 13.3. The Balaban J connectivity index is 2.02. The zero-order chi connectivity index (χ0) is 14.7. The van der Waals surface area contributed by atoms with Crippen molar-refractivity contribution >= 4 is 11.6 Å². The van der Waals surface area contributed by atoms with Crippen LogP contribution >= 0.6 is 0 Å². The lowest BCUT2D eigenvalue weighted by Crippen LogP contribution is -2.27. The summed E-state index contributed by atoms with van der Waals surface area (Å²) in [6.45, 7) is 8.28. The quantitative estimate of drug-likeness (QED) is 0.802. The van der Waals surface area contributed by atoms with Gasteiger partial charge in [0.2, 0.25) is 0 Å². The Labute approximate surface area is 122 Å². The first-order valence-corrected chi connectivity index (χ1v) is 7.53. The number of rotatable bonds is 7. The molecule has 0 radical (unpaired) electrons. The molecular formula is C15H27N5. The molecule has 5 heteroatoms. The van der Waals surface area contributed by atoms with Gasteiger partial charge in [-0.05, 0) is 26.8 Å². The van der Waals surface area contributed by atoms with Gasteiger partial charge in [0.15, 0.2) is 0 Å². The van der Waals surface area contributed by atoms with Crippen molar-refractivity contribution in [3.8, 4) is 0 Å². The molecule has 0 unspecified atom stereocenters. The van der Waals surface area contributed by atoms with E-state index in [-0.39, 0.29) is 0 Å². The molecule has 0 aromatic carbocycles. The summed E-state index contributed by atoms with van der Waals surface area (Å²) in [6.07, 6.45) is 2.70. The minimum atomic E-state index is 0.331. The average Bonchev–Trinajstić information content (AvgIpc) is 3.24. The molecule has 1 saturated carbocycles. The number of hydrogen-bond donors (Lipinski definition) is 2. The van der Waals surface area contributed by atoms with Gasteiger partial charge in [-0.2, -0.15) is 0 Å². The molecule has 0 atom stereocenters. The van der Waals surface area contributed by atoms with Gasteiger partial charge in [-0.15, -0.1) is 0 Å². The normalized spacial score (nSPS) is 14.9. The van der Waals surface area contributed by atoms with Crippen molar-refractivity contribution in [1.82, 2.24) is 14.9 Å². The third-order valence-electron chi connectivity index (χ3n) is 3.84. The van der Waals surface area contributed by atoms with E-state index in [4.69, 9.17) is 0 Å². The van der Waals surface area contributed by atoms with Gasteiger partial charge >= 0.3 is 0 Å². The minimum Gasteiger partial charge on any atom is -0.373 e. The summed E-state index contributed by atoms with van der Waals surface area (Å²) >= 11 is 0. The molecule has 1 aromatic rings. The van der Waals surface area contributed by atoms with E-state index in [0.29, 0.717) is 5.92 Å². The highest BCUT2D eigenvalue weighted by Gasteiger charge is 2.25. The Kier molecular flexibility index (Phi) is 4.81. The van der Waals surface area contributed by atoms with Crippen molar-refractivity contribution in [2.45, 2.75) is 45.6 Å². The fourth-order valence-electron chi connectivity index (χ4n) is 2.26. The largest absolute Gasteiger partial charge is 0.373 e. The molecule has 0 amide bonds. The van der Waals surface area contributed by atoms with Gasteiger partial charge in [0, 0.05) is 37.7 Å². The van der Waals surface area contributed by atoms with Crippen molar-refractivity contribution in [2.75, 3.05) is 37.8 Å². The van der Waals surface area contributed by atoms with E-state index in [2.05, 4.69) is 53.3 Å². The summed E-state index contributed by atoms with van der Waals surface area (Å²) < 4.78 is 0. The van der Waals surface area contributed by atoms with Gasteiger partial charge in [-0.25, -0.2) is 9.97 Å². The molecule has 0 spiro atoms. The number of hydrogen-bond acceptors (Lipinski definition) is 5. The van der Waals surface area contributed by atoms with E-state index in [1.54, 1.807) is 0 Å². The monoisotopic (exact) mass is 277 g/mol. The van der Waals surface area contributed by atoms with E-state index >= 15 is 0 Å². The van der Waals surface area contributed by atoms with Gasteiger partial charge in [0.05, 0.1) is 0 Å². The summed E-state index contributed by atoms with van der Waals surface area (Å²) in [7, 11) is 4.11. The SMILES string of the molecule is CNc1nc(C(C)C)nc(NCCN(C)C2CC2)c1C. The first-order chi connectivity index (χ1) is 9.52. The van der Waals surface area contributed by atoms with Gasteiger partial charge in [0.1, 0.15) is 17.5 Å². The van der Waals surface area contributed by atoms with Crippen LogP contribution < -0.4 is 10.6 Å². The van der Waals surface area contributed by atoms with Crippen LogP contribution in [0, 0.1) is 6.92 Å². The fraction of sp³-hybridized carbons (Fsp3) is 0.733. The lowest BCUT2D eigenvalue weighted by atomic mass is 10.2. The number of nitrogens with one attached hydrogen (secondary N) is 2. The minimum absolute atomic E-state index is 0.331. The highest BCUT2D eigenvalue weighted by Crippen LogP contribution is 2.25. The van der Waals surface area contributed by atoms with Crippen LogP contribution in [0.2, 0.25) is 0 Å². The van der Waals surface area contributed by atoms with Crippen molar-refractivity contribution in [2.24, 2.45) is 0 Å². The number of aromatic nitrogens is 2. The van der Waals surface area contributed by atoms with Gasteiger partial charge in [-0.1, -0.05) is 13.8 Å². The van der Waals surface area contributed by atoms with Crippen LogP contribution in [0.3, 0.4) is 0 Å². The van der Waals surface area contributed by atoms with Crippen LogP contribution in [-0.2, 0) is 0 Å². The topological polar surface area (TPSA) is 53.1 Å². The van der Waals surface area contributed by atoms with Crippen molar-refractivity contribution in [1.29, 1.82) is 0 Å². The Hall–Kier alpha value is -1.36. The predicted molar refractivity (Wildman–Crippen MR) is 84.5 cm³/mol. The van der Waals surface area contributed by atoms with Gasteiger partial charge < -0.3 is 15.5 Å². The van der Waals surface area contributed by atoms with Crippen molar-refractivity contribution in [3.63, 3.8) is 0 Å². The van der Waals surface area contributed by atoms with Crippen LogP contribution in [0.5, 0.6) is 0 Å². The standard InChI is InChI=1S/C15H27N5/c1-10(2)13-18-14(16-4)11(3)15(19-13)17-8-9-20(5)12-6-7-12/h10,12H,6-9H2,1-5H3,(H2,16,17,18,19). The van der Waals surface area contributed by atoms with E-state index in [9.17, 15) is 0 Å². The second-order valence-electron chi connectivity index (χ2n) is 5.95. The third kappa shape index (κ3) is 3.60. The van der Waals surface area contributed by atoms with Crippen molar-refractivity contribution < 1.29 is 0 Å². The zero-order valence-electron chi connectivity index (χ0n) is 13.3. The molecule has 20 heavy (non-hydrogen) atoms. The molecule has 0 bridgehead atoms. The van der Waals surface area contributed by atoms with Crippen LogP contribution in [0.1, 0.15) is 44.0 Å². The van der Waals surface area contributed by atoms with Crippen molar-refractivity contribution in [3.05, 3.63) is 11.4 Å². The molecule has 5 nitrogen and oxygen atoms in total. The summed E-state index contributed by atoms with van der Waals surface area (Å²) in [5.74, 6) is 3.09. The van der Waals surface area contributed by atoms with E-state index in [1.807, 2.05) is 7.05 Å². The number of likely N-dealkylation sites (N-methyl/N-ethyl adjacent to an activating group) is 1. The molecule has 2 rings (SSSR count). The van der Waals surface area contributed by atoms with Crippen LogP contribution in [-0.4, -0.2) is 48.1 Å². The first kappa shape index (κ1) is 15.0. The number of anilines is 2. The summed E-state index contributed by atoms with van der Waals surface area (Å²) in [5.41, 5.74) is 1.09. The smallest absolute Gasteiger partial charge is 0.135 e. The van der Waals surface area contributed by atoms with Crippen LogP contribution in [0.15, 0.2) is 0 Å². The molecule has 0 saturated heterocycles. The Bertz CT molecular complexity index is 454. The van der Waals surface area contributed by atoms with E-state index < -0.39 is 0 Å². The molecule has 1 aliphatic rings. The van der Waals surface area contributed by atoms with Crippen LogP contribution in [0.4, 0.5) is 11.6 Å². The second-order valence-corrected chi connectivity index (χ2v) is 5.95. The highest BCUT2D eigenvalue weighted by molar-refractivity contribution is 5.57. The second kappa shape index (κ2) is 6.39. The lowest BCUT2D eigenvalue weighted by molar-refractivity contribution is 0.337. The maximum Gasteiger partial charge on any atom is 0.135 e. The highest BCUT2D eigenvalue weighted by atomic mass is 15.2. The predicted octanol–water partition coefficient (Wildman–Crippen LogP) is 2.46. The molecule has 1 aromatic heterocycles. The average molecular weight is 277 g/mol. The third-order valence-corrected chi connectivity index (χ3v) is 3.84. The maximum atomic E-state index is 4.66. The molecule has 1 heterocycles. The molecule has 0 aliphatic heterocycles. The molecule has 2 N–H and O–H groups in total. The number of nitrogens with zero attached hydrogens (tertiary/aromatic N) is 3. The van der Waals surface area contributed by atoms with Crippen LogP contribution in [0.25, 0.3) is 0 Å². The van der Waals surface area contributed by atoms with E-state index in [0.717, 1.165) is 42.2 Å². The summed E-state index contributed by atoms with van der Waals surface area (Å²) in [5, 5.41) is 6.62. The Morgan fingerprint density at radius 1 is 1.25 bits per heavy atom. The first-order valence-electron chi connectivity index (χ1n) is 7.53. The molecule has 112 valence electrons. The van der Waals surface area contributed by atoms with Gasteiger partial charge in [-0.3, -0.25) is 0 Å². The molecule has 1 fully saturated rings. The van der Waals surface area contributed by atoms with Gasteiger partial charge in [0.25, 0.3) is 0 Å². The molecular weight excluding hydrogens is 250 g/mol. The Morgan fingerprint density at radius 3 is 2.45 bits per heavy atom. The molecule has 1 aliphatic carbocycles. The fourth-order valence-corrected chi connectivity index (χ4v) is 2.26. The van der Waals surface area contributed by atoms with E-state index in [1.165, 1.54) is 12.8 Å². The Morgan fingerprint density at radius 2 is 1.90 bits per heavy atom.